The first-order chi connectivity index (χ1) is 9.96. The molecule has 1 aliphatic rings. The molecular weight excluding hydrogens is 269 g/mol. The summed E-state index contributed by atoms with van der Waals surface area (Å²) in [5.41, 5.74) is 0.866. The maximum atomic E-state index is 13.6. The summed E-state index contributed by atoms with van der Waals surface area (Å²) in [5.74, 6) is -0.227. The number of hydrogen-bond acceptors (Lipinski definition) is 4. The van der Waals surface area contributed by atoms with Crippen LogP contribution in [0.3, 0.4) is 0 Å². The van der Waals surface area contributed by atoms with Gasteiger partial charge in [-0.3, -0.25) is 9.88 Å². The smallest absolute Gasteiger partial charge is 0.145 e. The van der Waals surface area contributed by atoms with E-state index < -0.39 is 0 Å². The van der Waals surface area contributed by atoms with Crippen molar-refractivity contribution < 1.29 is 9.13 Å². The van der Waals surface area contributed by atoms with Gasteiger partial charge in [0.05, 0.1) is 19.4 Å². The number of morpholine rings is 1. The van der Waals surface area contributed by atoms with Gasteiger partial charge >= 0.3 is 0 Å². The van der Waals surface area contributed by atoms with Crippen molar-refractivity contribution in [3.05, 3.63) is 29.8 Å². The van der Waals surface area contributed by atoms with Gasteiger partial charge in [-0.25, -0.2) is 4.39 Å². The van der Waals surface area contributed by atoms with Gasteiger partial charge in [-0.2, -0.15) is 0 Å². The quantitative estimate of drug-likeness (QED) is 0.803. The standard InChI is InChI=1S/C16H26FN3O/c1-16(2,13-20-6-8-21-9-7-20)12-19(3)11-14-4-5-18-10-15(14)17/h4-5,10H,6-9,11-13H2,1-3H3. The molecule has 0 spiro atoms. The minimum absolute atomic E-state index is 0.162. The molecule has 0 atom stereocenters. The van der Waals surface area contributed by atoms with Crippen molar-refractivity contribution in [3.8, 4) is 0 Å². The lowest BCUT2D eigenvalue weighted by Crippen LogP contribution is -2.45. The average molecular weight is 295 g/mol. The summed E-state index contributed by atoms with van der Waals surface area (Å²) in [6.45, 7) is 10.8. The molecule has 1 aromatic heterocycles. The number of nitrogens with zero attached hydrogens (tertiary/aromatic N) is 3. The molecule has 0 aliphatic carbocycles. The van der Waals surface area contributed by atoms with Gasteiger partial charge in [-0.1, -0.05) is 13.8 Å². The first kappa shape index (κ1) is 16.3. The fourth-order valence-corrected chi connectivity index (χ4v) is 3.02. The van der Waals surface area contributed by atoms with E-state index in [0.29, 0.717) is 12.1 Å². The van der Waals surface area contributed by atoms with Gasteiger partial charge in [0.25, 0.3) is 0 Å². The lowest BCUT2D eigenvalue weighted by atomic mass is 9.91. The number of hydrogen-bond donors (Lipinski definition) is 0. The molecule has 1 aliphatic heterocycles. The molecule has 1 fully saturated rings. The minimum Gasteiger partial charge on any atom is -0.379 e. The molecule has 2 heterocycles. The Morgan fingerprint density at radius 1 is 1.38 bits per heavy atom. The zero-order valence-corrected chi connectivity index (χ0v) is 13.3. The number of halogens is 1. The molecule has 1 aromatic rings. The molecule has 21 heavy (non-hydrogen) atoms. The Balaban J connectivity index is 1.85. The van der Waals surface area contributed by atoms with Crippen LogP contribution in [-0.2, 0) is 11.3 Å². The summed E-state index contributed by atoms with van der Waals surface area (Å²) < 4.78 is 19.0. The number of aromatic nitrogens is 1. The minimum atomic E-state index is -0.227. The molecule has 0 bridgehead atoms. The maximum absolute atomic E-state index is 13.6. The zero-order chi connectivity index (χ0) is 15.3. The Bertz CT molecular complexity index is 447. The van der Waals surface area contributed by atoms with Gasteiger partial charge in [-0.15, -0.1) is 0 Å². The fourth-order valence-electron chi connectivity index (χ4n) is 3.02. The fraction of sp³-hybridized carbons (Fsp3) is 0.688. The Kier molecular flexibility index (Phi) is 5.67. The first-order valence-electron chi connectivity index (χ1n) is 7.53. The van der Waals surface area contributed by atoms with Gasteiger partial charge in [0.15, 0.2) is 0 Å². The van der Waals surface area contributed by atoms with E-state index in [4.69, 9.17) is 4.74 Å². The van der Waals surface area contributed by atoms with E-state index in [0.717, 1.165) is 39.4 Å². The summed E-state index contributed by atoms with van der Waals surface area (Å²) in [6, 6.07) is 1.75. The van der Waals surface area contributed by atoms with Crippen molar-refractivity contribution in [1.29, 1.82) is 0 Å². The summed E-state index contributed by atoms with van der Waals surface area (Å²) in [5, 5.41) is 0. The van der Waals surface area contributed by atoms with E-state index in [-0.39, 0.29) is 11.2 Å². The predicted molar refractivity (Wildman–Crippen MR) is 81.6 cm³/mol. The van der Waals surface area contributed by atoms with Gasteiger partial charge < -0.3 is 9.64 Å². The van der Waals surface area contributed by atoms with E-state index >= 15 is 0 Å². The summed E-state index contributed by atoms with van der Waals surface area (Å²) >= 11 is 0. The van der Waals surface area contributed by atoms with Crippen LogP contribution in [-0.4, -0.2) is 61.2 Å². The summed E-state index contributed by atoms with van der Waals surface area (Å²) in [7, 11) is 2.04. The third-order valence-electron chi connectivity index (χ3n) is 3.75. The molecule has 118 valence electrons. The van der Waals surface area contributed by atoms with Crippen LogP contribution >= 0.6 is 0 Å². The van der Waals surface area contributed by atoms with Crippen LogP contribution in [0, 0.1) is 11.2 Å². The normalized spacial score (nSPS) is 17.4. The van der Waals surface area contributed by atoms with Crippen LogP contribution in [0.15, 0.2) is 18.5 Å². The lowest BCUT2D eigenvalue weighted by Gasteiger charge is -2.37. The highest BCUT2D eigenvalue weighted by atomic mass is 19.1. The summed E-state index contributed by atoms with van der Waals surface area (Å²) in [4.78, 5) is 8.42. The van der Waals surface area contributed by atoms with Crippen LogP contribution in [0.1, 0.15) is 19.4 Å². The SMILES string of the molecule is CN(Cc1ccncc1F)CC(C)(C)CN1CCOCC1. The third-order valence-corrected chi connectivity index (χ3v) is 3.75. The van der Waals surface area contributed by atoms with E-state index in [1.54, 1.807) is 12.3 Å². The summed E-state index contributed by atoms with van der Waals surface area (Å²) in [6.07, 6.45) is 2.92. The van der Waals surface area contributed by atoms with Crippen molar-refractivity contribution in [1.82, 2.24) is 14.8 Å². The lowest BCUT2D eigenvalue weighted by molar-refractivity contribution is 0.0160. The topological polar surface area (TPSA) is 28.6 Å². The van der Waals surface area contributed by atoms with Crippen molar-refractivity contribution in [2.75, 3.05) is 46.4 Å². The maximum Gasteiger partial charge on any atom is 0.145 e. The molecule has 5 heteroatoms. The van der Waals surface area contributed by atoms with Gasteiger partial charge in [0, 0.05) is 44.5 Å². The van der Waals surface area contributed by atoms with E-state index in [9.17, 15) is 4.39 Å². The second kappa shape index (κ2) is 7.29. The molecule has 2 rings (SSSR count). The van der Waals surface area contributed by atoms with Crippen molar-refractivity contribution >= 4 is 0 Å². The molecule has 0 amide bonds. The highest BCUT2D eigenvalue weighted by molar-refractivity contribution is 5.12. The predicted octanol–water partition coefficient (Wildman–Crippen LogP) is 2.01. The van der Waals surface area contributed by atoms with Gasteiger partial charge in [0.1, 0.15) is 5.82 Å². The number of pyridine rings is 1. The average Bonchev–Trinajstić information content (AvgIpc) is 2.41. The van der Waals surface area contributed by atoms with E-state index in [1.807, 2.05) is 7.05 Å². The Hall–Kier alpha value is -1.04. The van der Waals surface area contributed by atoms with Crippen LogP contribution in [0.2, 0.25) is 0 Å². The van der Waals surface area contributed by atoms with Gasteiger partial charge in [-0.05, 0) is 18.5 Å². The number of ether oxygens (including phenoxy) is 1. The van der Waals surface area contributed by atoms with Crippen LogP contribution < -0.4 is 0 Å². The molecule has 0 aromatic carbocycles. The highest BCUT2D eigenvalue weighted by Gasteiger charge is 2.25. The highest BCUT2D eigenvalue weighted by Crippen LogP contribution is 2.20. The Morgan fingerprint density at radius 3 is 2.76 bits per heavy atom. The van der Waals surface area contributed by atoms with E-state index in [2.05, 4.69) is 28.6 Å². The first-order valence-corrected chi connectivity index (χ1v) is 7.53. The molecule has 0 N–H and O–H groups in total. The van der Waals surface area contributed by atoms with Crippen LogP contribution in [0.4, 0.5) is 4.39 Å². The molecule has 0 saturated carbocycles. The third kappa shape index (κ3) is 5.34. The van der Waals surface area contributed by atoms with Crippen molar-refractivity contribution in [3.63, 3.8) is 0 Å². The zero-order valence-electron chi connectivity index (χ0n) is 13.3. The molecule has 0 radical (unpaired) electrons. The number of rotatable bonds is 6. The molecule has 4 nitrogen and oxygen atoms in total. The van der Waals surface area contributed by atoms with E-state index in [1.165, 1.54) is 6.20 Å². The molecular formula is C16H26FN3O. The second-order valence-corrected chi connectivity index (χ2v) is 6.69. The van der Waals surface area contributed by atoms with Crippen molar-refractivity contribution in [2.45, 2.75) is 20.4 Å². The Labute approximate surface area is 126 Å². The largest absolute Gasteiger partial charge is 0.379 e. The van der Waals surface area contributed by atoms with Gasteiger partial charge in [0.2, 0.25) is 0 Å². The van der Waals surface area contributed by atoms with Crippen LogP contribution in [0.5, 0.6) is 0 Å². The monoisotopic (exact) mass is 295 g/mol. The Morgan fingerprint density at radius 2 is 2.10 bits per heavy atom. The van der Waals surface area contributed by atoms with Crippen LogP contribution in [0.25, 0.3) is 0 Å². The molecule has 0 unspecified atom stereocenters. The molecule has 1 saturated heterocycles. The van der Waals surface area contributed by atoms with Crippen molar-refractivity contribution in [2.24, 2.45) is 5.41 Å². The second-order valence-electron chi connectivity index (χ2n) is 6.69.